The van der Waals surface area contributed by atoms with Crippen LogP contribution in [0.1, 0.15) is 72.8 Å². The maximum atomic E-state index is 9.91. The van der Waals surface area contributed by atoms with Gasteiger partial charge in [0.2, 0.25) is 0 Å². The zero-order valence-electron chi connectivity index (χ0n) is 22.7. The Bertz CT molecular complexity index is 1180. The van der Waals surface area contributed by atoms with Crippen molar-refractivity contribution in [2.24, 2.45) is 0 Å². The summed E-state index contributed by atoms with van der Waals surface area (Å²) in [5, 5.41) is 9.91. The lowest BCUT2D eigenvalue weighted by Crippen LogP contribution is -2.32. The largest absolute Gasteiger partial charge is 0.508 e. The van der Waals surface area contributed by atoms with Crippen molar-refractivity contribution in [3.63, 3.8) is 0 Å². The number of rotatable bonds is 8. The van der Waals surface area contributed by atoms with E-state index in [0.29, 0.717) is 17.6 Å². The molecule has 3 aromatic carbocycles. The molecule has 3 aromatic rings. The monoisotopic (exact) mass is 498 g/mol. The van der Waals surface area contributed by atoms with Crippen LogP contribution in [0.2, 0.25) is 0 Å². The number of aromatic hydroxyl groups is 1. The van der Waals surface area contributed by atoms with Gasteiger partial charge in [-0.1, -0.05) is 43.3 Å². The van der Waals surface area contributed by atoms with E-state index in [0.717, 1.165) is 38.1 Å². The van der Waals surface area contributed by atoms with Gasteiger partial charge in [0, 0.05) is 24.8 Å². The molecule has 1 aliphatic carbocycles. The van der Waals surface area contributed by atoms with E-state index in [4.69, 9.17) is 4.74 Å². The SMILES string of the molecule is CCN1CCC(c2ccc(CN(CC)c3cc(OC)ccc3C3CCc4cc(O)ccc4C3)cc2)CC1. The Kier molecular flexibility index (Phi) is 8.05. The van der Waals surface area contributed by atoms with E-state index in [9.17, 15) is 5.11 Å². The van der Waals surface area contributed by atoms with Crippen molar-refractivity contribution in [1.29, 1.82) is 0 Å². The highest BCUT2D eigenvalue weighted by Gasteiger charge is 2.25. The second-order valence-corrected chi connectivity index (χ2v) is 10.8. The number of hydrogen-bond acceptors (Lipinski definition) is 4. The zero-order chi connectivity index (χ0) is 25.8. The quantitative estimate of drug-likeness (QED) is 0.366. The molecule has 2 aliphatic rings. The molecule has 0 spiro atoms. The minimum Gasteiger partial charge on any atom is -0.508 e. The lowest BCUT2D eigenvalue weighted by molar-refractivity contribution is 0.222. The molecule has 5 rings (SSSR count). The highest BCUT2D eigenvalue weighted by molar-refractivity contribution is 5.60. The standard InChI is InChI=1S/C33H42N2O2/c1-4-34-18-16-26(17-19-34)25-8-6-24(7-9-25)23-35(5-2)33-22-31(37-3)14-15-32(33)29-11-10-28-21-30(36)13-12-27(28)20-29/h6-9,12-15,21-22,26,29,36H,4-5,10-11,16-20,23H2,1-3H3. The maximum Gasteiger partial charge on any atom is 0.120 e. The summed E-state index contributed by atoms with van der Waals surface area (Å²) in [6.07, 6.45) is 5.65. The summed E-state index contributed by atoms with van der Waals surface area (Å²) >= 11 is 0. The summed E-state index contributed by atoms with van der Waals surface area (Å²) in [4.78, 5) is 5.06. The van der Waals surface area contributed by atoms with E-state index in [1.165, 1.54) is 66.0 Å². The van der Waals surface area contributed by atoms with E-state index in [-0.39, 0.29) is 0 Å². The summed E-state index contributed by atoms with van der Waals surface area (Å²) in [5.74, 6) is 2.44. The molecule has 196 valence electrons. The molecular formula is C33H42N2O2. The first-order valence-corrected chi connectivity index (χ1v) is 14.1. The molecule has 1 heterocycles. The first-order valence-electron chi connectivity index (χ1n) is 14.1. The number of methoxy groups -OCH3 is 1. The van der Waals surface area contributed by atoms with Crippen LogP contribution >= 0.6 is 0 Å². The molecule has 4 heteroatoms. The second kappa shape index (κ2) is 11.6. The van der Waals surface area contributed by atoms with Gasteiger partial charge in [0.15, 0.2) is 0 Å². The molecule has 0 bridgehead atoms. The normalized spacial score (nSPS) is 18.4. The fourth-order valence-electron chi connectivity index (χ4n) is 6.34. The average molecular weight is 499 g/mol. The predicted molar refractivity (Wildman–Crippen MR) is 153 cm³/mol. The summed E-state index contributed by atoms with van der Waals surface area (Å²) in [7, 11) is 1.75. The molecule has 37 heavy (non-hydrogen) atoms. The van der Waals surface area contributed by atoms with Gasteiger partial charge in [-0.25, -0.2) is 0 Å². The second-order valence-electron chi connectivity index (χ2n) is 10.8. The summed E-state index contributed by atoms with van der Waals surface area (Å²) < 4.78 is 5.65. The van der Waals surface area contributed by atoms with Crippen molar-refractivity contribution in [2.75, 3.05) is 38.2 Å². The number of phenolic OH excluding ortho intramolecular Hbond substituents is 1. The summed E-state index contributed by atoms with van der Waals surface area (Å²) in [6.45, 7) is 9.95. The molecule has 1 N–H and O–H groups in total. The van der Waals surface area contributed by atoms with E-state index >= 15 is 0 Å². The Morgan fingerprint density at radius 3 is 2.38 bits per heavy atom. The third kappa shape index (κ3) is 5.80. The molecular weight excluding hydrogens is 456 g/mol. The van der Waals surface area contributed by atoms with Crippen LogP contribution in [0.3, 0.4) is 0 Å². The van der Waals surface area contributed by atoms with E-state index in [1.807, 2.05) is 12.1 Å². The van der Waals surface area contributed by atoms with Crippen molar-refractivity contribution >= 4 is 5.69 Å². The number of fused-ring (bicyclic) bond motifs is 1. The van der Waals surface area contributed by atoms with Gasteiger partial charge in [0.05, 0.1) is 7.11 Å². The summed E-state index contributed by atoms with van der Waals surface area (Å²) in [6, 6.07) is 21.9. The van der Waals surface area contributed by atoms with Crippen LogP contribution in [-0.2, 0) is 19.4 Å². The van der Waals surface area contributed by atoms with Gasteiger partial charge < -0.3 is 19.6 Å². The van der Waals surface area contributed by atoms with Gasteiger partial charge in [-0.05, 0) is 117 Å². The topological polar surface area (TPSA) is 35.9 Å². The predicted octanol–water partition coefficient (Wildman–Crippen LogP) is 6.90. The highest BCUT2D eigenvalue weighted by Crippen LogP contribution is 2.40. The number of ether oxygens (including phenoxy) is 1. The molecule has 1 unspecified atom stereocenters. The molecule has 1 aliphatic heterocycles. The third-order valence-corrected chi connectivity index (χ3v) is 8.68. The van der Waals surface area contributed by atoms with E-state index in [1.54, 1.807) is 7.11 Å². The fourth-order valence-corrected chi connectivity index (χ4v) is 6.34. The van der Waals surface area contributed by atoms with Crippen LogP contribution in [-0.4, -0.2) is 43.3 Å². The number of likely N-dealkylation sites (tertiary alicyclic amines) is 1. The van der Waals surface area contributed by atoms with Gasteiger partial charge in [-0.2, -0.15) is 0 Å². The fraction of sp³-hybridized carbons (Fsp3) is 0.455. The third-order valence-electron chi connectivity index (χ3n) is 8.68. The van der Waals surface area contributed by atoms with Crippen LogP contribution in [0, 0.1) is 0 Å². The molecule has 1 atom stereocenters. The van der Waals surface area contributed by atoms with Crippen LogP contribution < -0.4 is 9.64 Å². The van der Waals surface area contributed by atoms with Crippen molar-refractivity contribution in [1.82, 2.24) is 4.90 Å². The van der Waals surface area contributed by atoms with Gasteiger partial charge in [-0.3, -0.25) is 0 Å². The lowest BCUT2D eigenvalue weighted by atomic mass is 9.79. The Morgan fingerprint density at radius 1 is 0.892 bits per heavy atom. The molecule has 0 aromatic heterocycles. The Hall–Kier alpha value is -2.98. The zero-order valence-corrected chi connectivity index (χ0v) is 22.7. The minimum atomic E-state index is 0.372. The highest BCUT2D eigenvalue weighted by atomic mass is 16.5. The number of piperidine rings is 1. The summed E-state index contributed by atoms with van der Waals surface area (Å²) in [5.41, 5.74) is 8.19. The van der Waals surface area contributed by atoms with E-state index < -0.39 is 0 Å². The first-order chi connectivity index (χ1) is 18.1. The Labute approximate surface area is 222 Å². The van der Waals surface area contributed by atoms with Crippen LogP contribution in [0.5, 0.6) is 11.5 Å². The number of hydrogen-bond donors (Lipinski definition) is 1. The van der Waals surface area contributed by atoms with Gasteiger partial charge in [0.25, 0.3) is 0 Å². The number of nitrogens with zero attached hydrogens (tertiary/aromatic N) is 2. The lowest BCUT2D eigenvalue weighted by Gasteiger charge is -2.32. The van der Waals surface area contributed by atoms with Crippen LogP contribution in [0.25, 0.3) is 0 Å². The van der Waals surface area contributed by atoms with Gasteiger partial charge >= 0.3 is 0 Å². The van der Waals surface area contributed by atoms with Crippen molar-refractivity contribution < 1.29 is 9.84 Å². The number of benzene rings is 3. The molecule has 0 saturated carbocycles. The van der Waals surface area contributed by atoms with Crippen LogP contribution in [0.15, 0.2) is 60.7 Å². The molecule has 0 amide bonds. The van der Waals surface area contributed by atoms with Gasteiger partial charge in [-0.15, -0.1) is 0 Å². The maximum absolute atomic E-state index is 9.91. The Morgan fingerprint density at radius 2 is 1.68 bits per heavy atom. The van der Waals surface area contributed by atoms with Gasteiger partial charge in [0.1, 0.15) is 11.5 Å². The number of aryl methyl sites for hydroxylation is 1. The van der Waals surface area contributed by atoms with Crippen molar-refractivity contribution in [2.45, 2.75) is 64.3 Å². The van der Waals surface area contributed by atoms with Crippen molar-refractivity contribution in [3.8, 4) is 11.5 Å². The average Bonchev–Trinajstić information content (AvgIpc) is 2.95. The molecule has 4 nitrogen and oxygen atoms in total. The smallest absolute Gasteiger partial charge is 0.120 e. The number of phenols is 1. The minimum absolute atomic E-state index is 0.372. The van der Waals surface area contributed by atoms with E-state index in [2.05, 4.69) is 72.2 Å². The van der Waals surface area contributed by atoms with Crippen LogP contribution in [0.4, 0.5) is 5.69 Å². The molecule has 0 radical (unpaired) electrons. The molecule has 1 fully saturated rings. The number of anilines is 1. The van der Waals surface area contributed by atoms with Crippen molar-refractivity contribution in [3.05, 3.63) is 88.5 Å². The Balaban J connectivity index is 1.35. The first kappa shape index (κ1) is 25.7. The molecule has 1 saturated heterocycles.